The van der Waals surface area contributed by atoms with Gasteiger partial charge in [0.1, 0.15) is 0 Å². The molecular formula is C20H27N5O2. The number of aryl methyl sites for hydroxylation is 1. The maximum absolute atomic E-state index is 12.4. The van der Waals surface area contributed by atoms with Crippen molar-refractivity contribution in [1.29, 1.82) is 0 Å². The van der Waals surface area contributed by atoms with Gasteiger partial charge in [-0.1, -0.05) is 24.3 Å². The van der Waals surface area contributed by atoms with Gasteiger partial charge in [0.2, 0.25) is 11.9 Å². The minimum atomic E-state index is -0.338. The van der Waals surface area contributed by atoms with Gasteiger partial charge in [0.25, 0.3) is 5.56 Å². The van der Waals surface area contributed by atoms with Crippen LogP contribution in [0.3, 0.4) is 0 Å². The van der Waals surface area contributed by atoms with Gasteiger partial charge in [0.05, 0.1) is 18.2 Å². The van der Waals surface area contributed by atoms with Crippen LogP contribution in [0.15, 0.2) is 35.1 Å². The summed E-state index contributed by atoms with van der Waals surface area (Å²) in [4.78, 5) is 36.2. The van der Waals surface area contributed by atoms with Crippen molar-refractivity contribution in [3.63, 3.8) is 0 Å². The van der Waals surface area contributed by atoms with Crippen molar-refractivity contribution in [2.45, 2.75) is 26.3 Å². The van der Waals surface area contributed by atoms with Gasteiger partial charge in [-0.3, -0.25) is 14.6 Å². The Hall–Kier alpha value is -2.67. The lowest BCUT2D eigenvalue weighted by molar-refractivity contribution is -0.121. The first kappa shape index (κ1) is 19.1. The summed E-state index contributed by atoms with van der Waals surface area (Å²) in [5.41, 5.74) is 2.46. The smallest absolute Gasteiger partial charge is 0.252 e. The average molecular weight is 369 g/mol. The van der Waals surface area contributed by atoms with Gasteiger partial charge >= 0.3 is 0 Å². The second-order valence-corrected chi connectivity index (χ2v) is 7.18. The molecule has 2 N–H and O–H groups in total. The molecular weight excluding hydrogens is 342 g/mol. The van der Waals surface area contributed by atoms with Crippen LogP contribution >= 0.6 is 0 Å². The molecule has 0 saturated carbocycles. The van der Waals surface area contributed by atoms with Gasteiger partial charge in [-0.05, 0) is 32.0 Å². The Bertz CT molecular complexity index is 855. The highest BCUT2D eigenvalue weighted by Crippen LogP contribution is 2.14. The first-order valence-electron chi connectivity index (χ1n) is 9.31. The molecule has 1 unspecified atom stereocenters. The van der Waals surface area contributed by atoms with Gasteiger partial charge in [0, 0.05) is 32.2 Å². The first-order valence-corrected chi connectivity index (χ1v) is 9.31. The average Bonchev–Trinajstić information content (AvgIpc) is 2.63. The van der Waals surface area contributed by atoms with Crippen LogP contribution in [0, 0.1) is 6.92 Å². The van der Waals surface area contributed by atoms with Crippen molar-refractivity contribution in [1.82, 2.24) is 20.2 Å². The number of aromatic nitrogens is 2. The Morgan fingerprint density at radius 2 is 1.96 bits per heavy atom. The Kier molecular flexibility index (Phi) is 5.91. The number of benzene rings is 1. The van der Waals surface area contributed by atoms with Crippen LogP contribution in [0.1, 0.15) is 29.8 Å². The Morgan fingerprint density at radius 3 is 2.67 bits per heavy atom. The highest BCUT2D eigenvalue weighted by atomic mass is 16.1. The number of piperazine rings is 1. The van der Waals surface area contributed by atoms with E-state index in [9.17, 15) is 9.59 Å². The number of carbonyl (C=O) groups is 1. The number of aromatic amines is 1. The van der Waals surface area contributed by atoms with Gasteiger partial charge in [0.15, 0.2) is 0 Å². The van der Waals surface area contributed by atoms with Gasteiger partial charge in [-0.15, -0.1) is 0 Å². The quantitative estimate of drug-likeness (QED) is 0.829. The lowest BCUT2D eigenvalue weighted by atomic mass is 10.1. The van der Waals surface area contributed by atoms with E-state index in [0.717, 1.165) is 37.3 Å². The second-order valence-electron chi connectivity index (χ2n) is 7.18. The molecule has 2 heterocycles. The molecule has 7 heteroatoms. The van der Waals surface area contributed by atoms with Crippen LogP contribution in [0.4, 0.5) is 5.95 Å². The minimum Gasteiger partial charge on any atom is -0.348 e. The lowest BCUT2D eigenvalue weighted by Crippen LogP contribution is -2.45. The number of amides is 1. The summed E-state index contributed by atoms with van der Waals surface area (Å²) in [5.74, 6) is 0.491. The molecule has 2 aromatic rings. The van der Waals surface area contributed by atoms with Gasteiger partial charge < -0.3 is 15.1 Å². The maximum atomic E-state index is 12.4. The van der Waals surface area contributed by atoms with E-state index in [4.69, 9.17) is 0 Å². The minimum absolute atomic E-state index is 0.0833. The van der Waals surface area contributed by atoms with Crippen LogP contribution in [0.25, 0.3) is 0 Å². The number of nitrogens with one attached hydrogen (secondary N) is 2. The monoisotopic (exact) mass is 369 g/mol. The number of nitrogens with zero attached hydrogens (tertiary/aromatic N) is 3. The summed E-state index contributed by atoms with van der Waals surface area (Å²) in [5, 5.41) is 2.96. The van der Waals surface area contributed by atoms with Crippen molar-refractivity contribution in [3.05, 3.63) is 57.5 Å². The SMILES string of the molecule is Cc1ccccc1CC(=O)NC(C)c1cc(=O)[nH]c(N2CCN(C)CC2)n1. The molecule has 1 amide bonds. The van der Waals surface area contributed by atoms with Crippen LogP contribution in [-0.4, -0.2) is 54.0 Å². The summed E-state index contributed by atoms with van der Waals surface area (Å²) < 4.78 is 0. The number of hydrogen-bond donors (Lipinski definition) is 2. The van der Waals surface area contributed by atoms with Crippen LogP contribution in [0.2, 0.25) is 0 Å². The van der Waals surface area contributed by atoms with Crippen molar-refractivity contribution < 1.29 is 4.79 Å². The number of anilines is 1. The summed E-state index contributed by atoms with van der Waals surface area (Å²) in [6, 6.07) is 8.95. The molecule has 1 aromatic heterocycles. The highest BCUT2D eigenvalue weighted by Gasteiger charge is 2.19. The number of carbonyl (C=O) groups excluding carboxylic acids is 1. The zero-order valence-electron chi connectivity index (χ0n) is 16.2. The largest absolute Gasteiger partial charge is 0.348 e. The molecule has 1 saturated heterocycles. The standard InChI is InChI=1S/C20H27N5O2/c1-14-6-4-5-7-16(14)12-18(26)21-15(2)17-13-19(27)23-20(22-17)25-10-8-24(3)9-11-25/h4-7,13,15H,8-12H2,1-3H3,(H,21,26)(H,22,23,27). The molecule has 1 atom stereocenters. The summed E-state index contributed by atoms with van der Waals surface area (Å²) in [7, 11) is 2.08. The normalized spacial score (nSPS) is 16.2. The van der Waals surface area contributed by atoms with E-state index in [0.29, 0.717) is 18.1 Å². The van der Waals surface area contributed by atoms with Crippen molar-refractivity contribution in [2.24, 2.45) is 0 Å². The number of H-pyrrole nitrogens is 1. The van der Waals surface area contributed by atoms with Gasteiger partial charge in [-0.25, -0.2) is 4.98 Å². The van der Waals surface area contributed by atoms with E-state index in [1.807, 2.05) is 38.1 Å². The fraction of sp³-hybridized carbons (Fsp3) is 0.450. The van der Waals surface area contributed by atoms with E-state index in [1.165, 1.54) is 6.07 Å². The Morgan fingerprint density at radius 1 is 1.26 bits per heavy atom. The van der Waals surface area contributed by atoms with Crippen molar-refractivity contribution >= 4 is 11.9 Å². The summed E-state index contributed by atoms with van der Waals surface area (Å²) in [6.07, 6.45) is 0.311. The van der Waals surface area contributed by atoms with E-state index in [-0.39, 0.29) is 17.5 Å². The zero-order chi connectivity index (χ0) is 19.4. The van der Waals surface area contributed by atoms with E-state index in [1.54, 1.807) is 0 Å². The Labute approximate surface area is 159 Å². The third-order valence-corrected chi connectivity index (χ3v) is 4.99. The first-order chi connectivity index (χ1) is 12.9. The molecule has 1 aromatic carbocycles. The molecule has 1 aliphatic heterocycles. The fourth-order valence-corrected chi connectivity index (χ4v) is 3.20. The third kappa shape index (κ3) is 4.95. The molecule has 1 fully saturated rings. The molecule has 1 aliphatic rings. The van der Waals surface area contributed by atoms with Crippen LogP contribution in [0.5, 0.6) is 0 Å². The molecule has 0 spiro atoms. The van der Waals surface area contributed by atoms with Crippen LogP contribution in [-0.2, 0) is 11.2 Å². The topological polar surface area (TPSA) is 81.3 Å². The predicted octanol–water partition coefficient (Wildman–Crippen LogP) is 1.25. The number of rotatable bonds is 5. The number of hydrogen-bond acceptors (Lipinski definition) is 5. The van der Waals surface area contributed by atoms with Crippen molar-refractivity contribution in [3.8, 4) is 0 Å². The van der Waals surface area contributed by atoms with Crippen molar-refractivity contribution in [2.75, 3.05) is 38.1 Å². The predicted molar refractivity (Wildman–Crippen MR) is 106 cm³/mol. The molecule has 144 valence electrons. The molecule has 27 heavy (non-hydrogen) atoms. The third-order valence-electron chi connectivity index (χ3n) is 4.99. The number of likely N-dealkylation sites (N-methyl/N-ethyl adjacent to an activating group) is 1. The zero-order valence-corrected chi connectivity index (χ0v) is 16.2. The van der Waals surface area contributed by atoms with E-state index >= 15 is 0 Å². The molecule has 0 radical (unpaired) electrons. The maximum Gasteiger partial charge on any atom is 0.252 e. The summed E-state index contributed by atoms with van der Waals surface area (Å²) >= 11 is 0. The van der Waals surface area contributed by atoms with Gasteiger partial charge in [-0.2, -0.15) is 0 Å². The fourth-order valence-electron chi connectivity index (χ4n) is 3.20. The lowest BCUT2D eigenvalue weighted by Gasteiger charge is -2.32. The van der Waals surface area contributed by atoms with Crippen LogP contribution < -0.4 is 15.8 Å². The van der Waals surface area contributed by atoms with E-state index in [2.05, 4.69) is 32.1 Å². The molecule has 7 nitrogen and oxygen atoms in total. The second kappa shape index (κ2) is 8.35. The molecule has 0 bridgehead atoms. The highest BCUT2D eigenvalue weighted by molar-refractivity contribution is 5.79. The Balaban J connectivity index is 1.69. The molecule has 3 rings (SSSR count). The van der Waals surface area contributed by atoms with E-state index < -0.39 is 0 Å². The molecule has 0 aliphatic carbocycles. The summed E-state index contributed by atoms with van der Waals surface area (Å²) in [6.45, 7) is 7.33.